The number of sulfonamides is 1. The Hall–Kier alpha value is -2.21. The Morgan fingerprint density at radius 2 is 2.04 bits per heavy atom. The molecule has 0 radical (unpaired) electrons. The molecule has 2 unspecified atom stereocenters. The predicted molar refractivity (Wildman–Crippen MR) is 88.7 cm³/mol. The summed E-state index contributed by atoms with van der Waals surface area (Å²) >= 11 is 0. The van der Waals surface area contributed by atoms with Crippen molar-refractivity contribution in [2.24, 2.45) is 5.92 Å². The number of carbonyl (C=O) groups is 1. The first-order valence-corrected chi connectivity index (χ1v) is 9.56. The third kappa shape index (κ3) is 2.41. The van der Waals surface area contributed by atoms with Crippen molar-refractivity contribution in [1.29, 1.82) is 0 Å². The van der Waals surface area contributed by atoms with E-state index in [9.17, 15) is 13.2 Å². The van der Waals surface area contributed by atoms with Gasteiger partial charge in [-0.3, -0.25) is 9.78 Å². The molecule has 124 valence electrons. The van der Waals surface area contributed by atoms with E-state index < -0.39 is 15.9 Å². The molecule has 2 aromatic rings. The average molecular weight is 342 g/mol. The van der Waals surface area contributed by atoms with E-state index >= 15 is 0 Å². The minimum absolute atomic E-state index is 0.0112. The molecule has 1 N–H and O–H groups in total. The second-order valence-electron chi connectivity index (χ2n) is 6.58. The van der Waals surface area contributed by atoms with Gasteiger partial charge in [0.1, 0.15) is 4.90 Å². The molecule has 24 heavy (non-hydrogen) atoms. The summed E-state index contributed by atoms with van der Waals surface area (Å²) in [6.45, 7) is 0. The Kier molecular flexibility index (Phi) is 3.46. The first-order valence-electron chi connectivity index (χ1n) is 8.08. The zero-order chi connectivity index (χ0) is 16.8. The Balaban J connectivity index is 1.56. The predicted octanol–water partition coefficient (Wildman–Crippen LogP) is 2.18. The average Bonchev–Trinajstić information content (AvgIpc) is 3.31. The molecule has 0 saturated heterocycles. The lowest BCUT2D eigenvalue weighted by Crippen LogP contribution is -2.34. The molecule has 1 saturated carbocycles. The van der Waals surface area contributed by atoms with E-state index in [2.05, 4.69) is 21.8 Å². The highest BCUT2D eigenvalue weighted by Gasteiger charge is 2.60. The number of aromatic nitrogens is 1. The molecule has 0 aliphatic heterocycles. The van der Waals surface area contributed by atoms with Crippen LogP contribution in [0.5, 0.6) is 0 Å². The van der Waals surface area contributed by atoms with Crippen LogP contribution in [0, 0.1) is 5.92 Å². The van der Waals surface area contributed by atoms with Crippen LogP contribution in [0.2, 0.25) is 0 Å². The lowest BCUT2D eigenvalue weighted by molar-refractivity contribution is -0.121. The first-order chi connectivity index (χ1) is 11.5. The monoisotopic (exact) mass is 342 g/mol. The van der Waals surface area contributed by atoms with Crippen LogP contribution in [0.3, 0.4) is 0 Å². The third-order valence-electron chi connectivity index (χ3n) is 5.19. The zero-order valence-electron chi connectivity index (χ0n) is 13.1. The molecule has 2 aliphatic rings. The summed E-state index contributed by atoms with van der Waals surface area (Å²) in [7, 11) is -3.86. The number of benzene rings is 1. The Morgan fingerprint density at radius 1 is 1.21 bits per heavy atom. The summed E-state index contributed by atoms with van der Waals surface area (Å²) in [6, 6.07) is 11.2. The van der Waals surface area contributed by atoms with Crippen molar-refractivity contribution < 1.29 is 13.2 Å². The van der Waals surface area contributed by atoms with Crippen molar-refractivity contribution in [2.45, 2.75) is 36.0 Å². The van der Waals surface area contributed by atoms with Crippen LogP contribution in [0.15, 0.2) is 53.7 Å². The maximum absolute atomic E-state index is 12.6. The van der Waals surface area contributed by atoms with E-state index in [1.807, 2.05) is 12.1 Å². The van der Waals surface area contributed by atoms with Gasteiger partial charge < -0.3 is 0 Å². The number of hydrogen-bond donors (Lipinski definition) is 1. The van der Waals surface area contributed by atoms with Crippen LogP contribution in [0.4, 0.5) is 0 Å². The lowest BCUT2D eigenvalue weighted by Gasteiger charge is -2.26. The molecule has 1 spiro atoms. The lowest BCUT2D eigenvalue weighted by atomic mass is 9.78. The molecule has 1 heterocycles. The largest absolute Gasteiger partial charge is 0.274 e. The Morgan fingerprint density at radius 3 is 2.83 bits per heavy atom. The van der Waals surface area contributed by atoms with Gasteiger partial charge in [0.25, 0.3) is 10.0 Å². The Bertz CT molecular complexity index is 895. The van der Waals surface area contributed by atoms with Gasteiger partial charge in [0.05, 0.1) is 0 Å². The normalized spacial score (nSPS) is 25.1. The quantitative estimate of drug-likeness (QED) is 0.927. The second kappa shape index (κ2) is 5.41. The highest BCUT2D eigenvalue weighted by Crippen LogP contribution is 2.60. The summed E-state index contributed by atoms with van der Waals surface area (Å²) in [5.74, 6) is -0.680. The fourth-order valence-electron chi connectivity index (χ4n) is 3.94. The Labute approximate surface area is 141 Å². The maximum atomic E-state index is 12.6. The number of aryl methyl sites for hydroxylation is 1. The molecular formula is C18H18N2O3S. The van der Waals surface area contributed by atoms with Crippen LogP contribution < -0.4 is 4.72 Å². The molecule has 2 atom stereocenters. The van der Waals surface area contributed by atoms with Gasteiger partial charge in [-0.15, -0.1) is 0 Å². The molecule has 0 bridgehead atoms. The number of rotatable bonds is 3. The topological polar surface area (TPSA) is 76.1 Å². The fourth-order valence-corrected chi connectivity index (χ4v) is 4.93. The molecular weight excluding hydrogens is 324 g/mol. The molecule has 5 nitrogen and oxygen atoms in total. The van der Waals surface area contributed by atoms with Crippen LogP contribution in [0.1, 0.15) is 30.4 Å². The summed E-state index contributed by atoms with van der Waals surface area (Å²) in [6.07, 6.45) is 6.47. The van der Waals surface area contributed by atoms with Gasteiger partial charge in [0.15, 0.2) is 0 Å². The van der Waals surface area contributed by atoms with Crippen molar-refractivity contribution in [3.8, 4) is 0 Å². The van der Waals surface area contributed by atoms with E-state index in [0.29, 0.717) is 0 Å². The first kappa shape index (κ1) is 15.3. The van der Waals surface area contributed by atoms with Gasteiger partial charge in [-0.2, -0.15) is 0 Å². The minimum Gasteiger partial charge on any atom is -0.274 e. The molecule has 1 fully saturated rings. The number of pyridine rings is 1. The van der Waals surface area contributed by atoms with Crippen molar-refractivity contribution in [1.82, 2.24) is 9.71 Å². The summed E-state index contributed by atoms with van der Waals surface area (Å²) in [5, 5.41) is 0. The molecule has 4 rings (SSSR count). The fraction of sp³-hybridized carbons (Fsp3) is 0.333. The number of fused-ring (bicyclic) bond motifs is 2. The molecule has 1 aromatic carbocycles. The van der Waals surface area contributed by atoms with Crippen molar-refractivity contribution >= 4 is 15.9 Å². The van der Waals surface area contributed by atoms with Gasteiger partial charge in [-0.1, -0.05) is 24.3 Å². The number of carbonyl (C=O) groups excluding carboxylic acids is 1. The van der Waals surface area contributed by atoms with Crippen LogP contribution in [-0.2, 0) is 26.7 Å². The maximum Gasteiger partial charge on any atom is 0.265 e. The minimum atomic E-state index is -3.86. The van der Waals surface area contributed by atoms with Gasteiger partial charge in [-0.25, -0.2) is 13.1 Å². The van der Waals surface area contributed by atoms with E-state index in [0.717, 1.165) is 25.7 Å². The number of nitrogens with one attached hydrogen (secondary N) is 1. The number of amides is 1. The van der Waals surface area contributed by atoms with Crippen LogP contribution in [0.25, 0.3) is 0 Å². The van der Waals surface area contributed by atoms with Gasteiger partial charge in [0, 0.05) is 23.7 Å². The molecule has 1 aromatic heterocycles. The summed E-state index contributed by atoms with van der Waals surface area (Å²) < 4.78 is 26.9. The van der Waals surface area contributed by atoms with Crippen LogP contribution in [-0.4, -0.2) is 19.3 Å². The SMILES string of the molecule is O=C(NS(=O)(=O)c1cccnc1)C1CC12CCCc1ccccc12. The molecule has 1 amide bonds. The van der Waals surface area contributed by atoms with Crippen LogP contribution >= 0.6 is 0 Å². The zero-order valence-corrected chi connectivity index (χ0v) is 13.9. The highest BCUT2D eigenvalue weighted by atomic mass is 32.2. The molecule has 2 aliphatic carbocycles. The molecule has 6 heteroatoms. The van der Waals surface area contributed by atoms with Crippen molar-refractivity contribution in [3.63, 3.8) is 0 Å². The second-order valence-corrected chi connectivity index (χ2v) is 8.26. The van der Waals surface area contributed by atoms with E-state index in [-0.39, 0.29) is 16.2 Å². The van der Waals surface area contributed by atoms with Gasteiger partial charge in [-0.05, 0) is 48.9 Å². The van der Waals surface area contributed by atoms with E-state index in [1.165, 1.54) is 35.7 Å². The standard InChI is InChI=1S/C18H18N2O3S/c21-17(20-24(22,23)14-7-4-10-19-12-14)16-11-18(16)9-3-6-13-5-1-2-8-15(13)18/h1-2,4-5,7-8,10,12,16H,3,6,9,11H2,(H,20,21). The third-order valence-corrected chi connectivity index (χ3v) is 6.53. The van der Waals surface area contributed by atoms with E-state index in [1.54, 1.807) is 0 Å². The highest BCUT2D eigenvalue weighted by molar-refractivity contribution is 7.90. The summed E-state index contributed by atoms with van der Waals surface area (Å²) in [4.78, 5) is 16.4. The smallest absolute Gasteiger partial charge is 0.265 e. The summed E-state index contributed by atoms with van der Waals surface area (Å²) in [5.41, 5.74) is 2.33. The number of nitrogens with zero attached hydrogens (tertiary/aromatic N) is 1. The van der Waals surface area contributed by atoms with E-state index in [4.69, 9.17) is 0 Å². The van der Waals surface area contributed by atoms with Gasteiger partial charge in [0.2, 0.25) is 5.91 Å². The van der Waals surface area contributed by atoms with Crippen molar-refractivity contribution in [2.75, 3.05) is 0 Å². The van der Waals surface area contributed by atoms with Gasteiger partial charge >= 0.3 is 0 Å². The number of hydrogen-bond acceptors (Lipinski definition) is 4. The van der Waals surface area contributed by atoms with Crippen molar-refractivity contribution in [3.05, 3.63) is 59.9 Å².